The van der Waals surface area contributed by atoms with Gasteiger partial charge < -0.3 is 5.32 Å². The number of rotatable bonds is 4. The summed E-state index contributed by atoms with van der Waals surface area (Å²) in [5.41, 5.74) is 0. The molecule has 4 heteroatoms. The SMILES string of the molecule is C1CCC(c2n[nH]c(CNC3CCCC3)n2)CC1. The summed E-state index contributed by atoms with van der Waals surface area (Å²) in [6.07, 6.45) is 12.0. The number of nitrogens with one attached hydrogen (secondary N) is 2. The Labute approximate surface area is 109 Å². The first-order valence-corrected chi connectivity index (χ1v) is 7.56. The van der Waals surface area contributed by atoms with Crippen molar-refractivity contribution in [1.29, 1.82) is 0 Å². The molecule has 0 saturated heterocycles. The highest BCUT2D eigenvalue weighted by Crippen LogP contribution is 2.30. The van der Waals surface area contributed by atoms with E-state index in [2.05, 4.69) is 20.5 Å². The zero-order valence-electron chi connectivity index (χ0n) is 11.1. The highest BCUT2D eigenvalue weighted by molar-refractivity contribution is 4.99. The van der Waals surface area contributed by atoms with Crippen LogP contribution in [0.5, 0.6) is 0 Å². The summed E-state index contributed by atoms with van der Waals surface area (Å²) >= 11 is 0. The van der Waals surface area contributed by atoms with Gasteiger partial charge in [0.15, 0.2) is 5.82 Å². The van der Waals surface area contributed by atoms with Crippen molar-refractivity contribution in [1.82, 2.24) is 20.5 Å². The fourth-order valence-corrected chi connectivity index (χ4v) is 3.30. The largest absolute Gasteiger partial charge is 0.307 e. The van der Waals surface area contributed by atoms with E-state index < -0.39 is 0 Å². The van der Waals surface area contributed by atoms with Gasteiger partial charge in [0, 0.05) is 12.0 Å². The molecule has 0 unspecified atom stereocenters. The lowest BCUT2D eigenvalue weighted by Gasteiger charge is -2.18. The predicted molar refractivity (Wildman–Crippen MR) is 71.3 cm³/mol. The van der Waals surface area contributed by atoms with Crippen LogP contribution in [0, 0.1) is 0 Å². The standard InChI is InChI=1S/C14H24N4/c1-2-6-11(7-3-1)14-16-13(17-18-14)10-15-12-8-4-5-9-12/h11-12,15H,1-10H2,(H,16,17,18). The first-order chi connectivity index (χ1) is 8.92. The number of H-pyrrole nitrogens is 1. The molecular formula is C14H24N4. The lowest BCUT2D eigenvalue weighted by atomic mass is 9.89. The monoisotopic (exact) mass is 248 g/mol. The van der Waals surface area contributed by atoms with E-state index in [9.17, 15) is 0 Å². The van der Waals surface area contributed by atoms with Crippen LogP contribution in [0.3, 0.4) is 0 Å². The average molecular weight is 248 g/mol. The van der Waals surface area contributed by atoms with Crippen molar-refractivity contribution in [2.45, 2.75) is 76.3 Å². The van der Waals surface area contributed by atoms with E-state index in [0.29, 0.717) is 12.0 Å². The summed E-state index contributed by atoms with van der Waals surface area (Å²) in [6.45, 7) is 0.852. The smallest absolute Gasteiger partial charge is 0.153 e. The molecule has 0 aromatic carbocycles. The Morgan fingerprint density at radius 1 is 1.00 bits per heavy atom. The van der Waals surface area contributed by atoms with Crippen LogP contribution in [0.25, 0.3) is 0 Å². The first-order valence-electron chi connectivity index (χ1n) is 7.56. The molecule has 1 heterocycles. The molecule has 0 amide bonds. The van der Waals surface area contributed by atoms with Crippen molar-refractivity contribution in [3.05, 3.63) is 11.6 Å². The van der Waals surface area contributed by atoms with Crippen LogP contribution < -0.4 is 5.32 Å². The van der Waals surface area contributed by atoms with E-state index in [1.807, 2.05) is 0 Å². The maximum Gasteiger partial charge on any atom is 0.153 e. The topological polar surface area (TPSA) is 53.6 Å². The van der Waals surface area contributed by atoms with Crippen LogP contribution in [0.4, 0.5) is 0 Å². The molecule has 1 aromatic rings. The second kappa shape index (κ2) is 5.83. The lowest BCUT2D eigenvalue weighted by Crippen LogP contribution is -2.25. The molecule has 0 atom stereocenters. The van der Waals surface area contributed by atoms with Gasteiger partial charge in [-0.3, -0.25) is 5.10 Å². The van der Waals surface area contributed by atoms with Gasteiger partial charge in [0.2, 0.25) is 0 Å². The van der Waals surface area contributed by atoms with Crippen molar-refractivity contribution in [2.75, 3.05) is 0 Å². The number of aromatic amines is 1. The van der Waals surface area contributed by atoms with Crippen molar-refractivity contribution >= 4 is 0 Å². The van der Waals surface area contributed by atoms with Gasteiger partial charge in [-0.15, -0.1) is 0 Å². The second-order valence-electron chi connectivity index (χ2n) is 5.84. The van der Waals surface area contributed by atoms with E-state index in [4.69, 9.17) is 0 Å². The Hall–Kier alpha value is -0.900. The van der Waals surface area contributed by atoms with Crippen molar-refractivity contribution in [2.24, 2.45) is 0 Å². The highest BCUT2D eigenvalue weighted by Gasteiger charge is 2.20. The minimum absolute atomic E-state index is 0.607. The fraction of sp³-hybridized carbons (Fsp3) is 0.857. The Kier molecular flexibility index (Phi) is 3.93. The molecule has 0 bridgehead atoms. The van der Waals surface area contributed by atoms with Gasteiger partial charge >= 0.3 is 0 Å². The van der Waals surface area contributed by atoms with E-state index >= 15 is 0 Å². The Bertz CT molecular complexity index is 362. The predicted octanol–water partition coefficient (Wildman–Crippen LogP) is 2.88. The molecule has 0 spiro atoms. The van der Waals surface area contributed by atoms with E-state index in [1.165, 1.54) is 57.8 Å². The molecule has 2 aliphatic carbocycles. The summed E-state index contributed by atoms with van der Waals surface area (Å²) in [4.78, 5) is 4.67. The third-order valence-corrected chi connectivity index (χ3v) is 4.43. The van der Waals surface area contributed by atoms with E-state index in [-0.39, 0.29) is 0 Å². The third-order valence-electron chi connectivity index (χ3n) is 4.43. The normalized spacial score (nSPS) is 22.7. The molecule has 0 radical (unpaired) electrons. The van der Waals surface area contributed by atoms with Crippen molar-refractivity contribution < 1.29 is 0 Å². The number of aromatic nitrogens is 3. The van der Waals surface area contributed by atoms with Crippen LogP contribution in [-0.4, -0.2) is 21.2 Å². The summed E-state index contributed by atoms with van der Waals surface area (Å²) in [5.74, 6) is 2.68. The quantitative estimate of drug-likeness (QED) is 0.861. The molecule has 2 aliphatic rings. The number of nitrogens with zero attached hydrogens (tertiary/aromatic N) is 2. The molecule has 100 valence electrons. The summed E-state index contributed by atoms with van der Waals surface area (Å²) in [6, 6.07) is 0.702. The van der Waals surface area contributed by atoms with Gasteiger partial charge in [0.25, 0.3) is 0 Å². The molecule has 1 aromatic heterocycles. The van der Waals surface area contributed by atoms with Crippen molar-refractivity contribution in [3.63, 3.8) is 0 Å². The van der Waals surface area contributed by atoms with Gasteiger partial charge in [-0.25, -0.2) is 4.98 Å². The molecule has 2 fully saturated rings. The van der Waals surface area contributed by atoms with Gasteiger partial charge in [-0.05, 0) is 25.7 Å². The Morgan fingerprint density at radius 2 is 1.72 bits per heavy atom. The molecule has 3 rings (SSSR count). The molecule has 4 nitrogen and oxygen atoms in total. The number of hydrogen-bond donors (Lipinski definition) is 2. The van der Waals surface area contributed by atoms with Gasteiger partial charge in [0.1, 0.15) is 5.82 Å². The van der Waals surface area contributed by atoms with Gasteiger partial charge in [0.05, 0.1) is 6.54 Å². The van der Waals surface area contributed by atoms with Gasteiger partial charge in [-0.1, -0.05) is 32.1 Å². The zero-order chi connectivity index (χ0) is 12.2. The minimum atomic E-state index is 0.607. The molecule has 2 saturated carbocycles. The molecular weight excluding hydrogens is 224 g/mol. The lowest BCUT2D eigenvalue weighted by molar-refractivity contribution is 0.429. The van der Waals surface area contributed by atoms with Gasteiger partial charge in [-0.2, -0.15) is 5.10 Å². The maximum atomic E-state index is 4.67. The van der Waals surface area contributed by atoms with Crippen molar-refractivity contribution in [3.8, 4) is 0 Å². The second-order valence-corrected chi connectivity index (χ2v) is 5.84. The summed E-state index contributed by atoms with van der Waals surface area (Å²) in [7, 11) is 0. The van der Waals surface area contributed by atoms with Crippen LogP contribution in [0.1, 0.15) is 75.4 Å². The zero-order valence-corrected chi connectivity index (χ0v) is 11.1. The van der Waals surface area contributed by atoms with E-state index in [0.717, 1.165) is 18.2 Å². The van der Waals surface area contributed by atoms with Crippen LogP contribution in [0.15, 0.2) is 0 Å². The fourth-order valence-electron chi connectivity index (χ4n) is 3.30. The highest BCUT2D eigenvalue weighted by atomic mass is 15.2. The van der Waals surface area contributed by atoms with E-state index in [1.54, 1.807) is 0 Å². The van der Waals surface area contributed by atoms with Crippen LogP contribution >= 0.6 is 0 Å². The summed E-state index contributed by atoms with van der Waals surface area (Å²) in [5, 5.41) is 11.1. The van der Waals surface area contributed by atoms with Crippen LogP contribution in [0.2, 0.25) is 0 Å². The first kappa shape index (κ1) is 12.2. The Morgan fingerprint density at radius 3 is 2.50 bits per heavy atom. The average Bonchev–Trinajstić information content (AvgIpc) is 3.09. The molecule has 2 N–H and O–H groups in total. The maximum absolute atomic E-state index is 4.67. The Balaban J connectivity index is 1.52. The molecule has 18 heavy (non-hydrogen) atoms. The number of hydrogen-bond acceptors (Lipinski definition) is 3. The molecule has 0 aliphatic heterocycles. The minimum Gasteiger partial charge on any atom is -0.307 e. The third kappa shape index (κ3) is 2.91. The van der Waals surface area contributed by atoms with Crippen LogP contribution in [-0.2, 0) is 6.54 Å². The summed E-state index contributed by atoms with van der Waals surface area (Å²) < 4.78 is 0.